The van der Waals surface area contributed by atoms with Crippen molar-refractivity contribution in [1.82, 2.24) is 15.3 Å². The predicted octanol–water partition coefficient (Wildman–Crippen LogP) is 4.81. The molecular formula is C22H18N4O4S. The molecule has 1 aliphatic heterocycles. The molecule has 3 aromatic rings. The summed E-state index contributed by atoms with van der Waals surface area (Å²) >= 11 is 1.07. The Morgan fingerprint density at radius 1 is 0.968 bits per heavy atom. The highest BCUT2D eigenvalue weighted by Gasteiger charge is 2.23. The van der Waals surface area contributed by atoms with E-state index in [1.807, 2.05) is 24.3 Å². The summed E-state index contributed by atoms with van der Waals surface area (Å²) in [6.07, 6.45) is 5.07. The first-order valence-corrected chi connectivity index (χ1v) is 10.0. The summed E-state index contributed by atoms with van der Waals surface area (Å²) in [7, 11) is 3.14. The van der Waals surface area contributed by atoms with Gasteiger partial charge in [0.2, 0.25) is 0 Å². The summed E-state index contributed by atoms with van der Waals surface area (Å²) < 4.78 is 16.3. The van der Waals surface area contributed by atoms with Gasteiger partial charge in [-0.1, -0.05) is 12.1 Å². The van der Waals surface area contributed by atoms with E-state index in [4.69, 9.17) is 14.2 Å². The zero-order chi connectivity index (χ0) is 21.6. The summed E-state index contributed by atoms with van der Waals surface area (Å²) in [5.74, 6) is 2.24. The topological polar surface area (TPSA) is 94.9 Å². The fourth-order valence-corrected chi connectivity index (χ4v) is 3.50. The molecule has 0 spiro atoms. The minimum absolute atomic E-state index is 0.204. The molecule has 1 aliphatic rings. The second-order valence-electron chi connectivity index (χ2n) is 6.26. The molecule has 1 aromatic heterocycles. The van der Waals surface area contributed by atoms with Gasteiger partial charge in [0.1, 0.15) is 23.1 Å². The minimum Gasteiger partial charge on any atom is -0.497 e. The number of nitrogens with one attached hydrogen (secondary N) is 1. The van der Waals surface area contributed by atoms with Crippen molar-refractivity contribution in [2.24, 2.45) is 4.99 Å². The molecule has 4 rings (SSSR count). The molecule has 0 unspecified atom stereocenters. The van der Waals surface area contributed by atoms with Crippen LogP contribution in [0.1, 0.15) is 5.56 Å². The van der Waals surface area contributed by atoms with Crippen molar-refractivity contribution in [1.29, 1.82) is 0 Å². The smallest absolute Gasteiger partial charge is 0.321 e. The molecule has 1 fully saturated rings. The first-order valence-electron chi connectivity index (χ1n) is 9.20. The Labute approximate surface area is 183 Å². The van der Waals surface area contributed by atoms with E-state index in [2.05, 4.69) is 20.3 Å². The van der Waals surface area contributed by atoms with Crippen molar-refractivity contribution in [2.45, 2.75) is 0 Å². The third-order valence-electron chi connectivity index (χ3n) is 4.14. The number of aliphatic imine (C=N–C) groups is 1. The Kier molecular flexibility index (Phi) is 6.13. The van der Waals surface area contributed by atoms with E-state index in [0.29, 0.717) is 33.7 Å². The van der Waals surface area contributed by atoms with Crippen LogP contribution in [0.3, 0.4) is 0 Å². The van der Waals surface area contributed by atoms with Crippen LogP contribution < -0.4 is 19.5 Å². The lowest BCUT2D eigenvalue weighted by atomic mass is 10.2. The monoisotopic (exact) mass is 434 g/mol. The Morgan fingerprint density at radius 3 is 2.42 bits per heavy atom. The number of benzene rings is 2. The van der Waals surface area contributed by atoms with Gasteiger partial charge in [-0.25, -0.2) is 15.0 Å². The summed E-state index contributed by atoms with van der Waals surface area (Å²) in [5, 5.41) is 2.57. The number of ether oxygens (including phenoxy) is 3. The van der Waals surface area contributed by atoms with E-state index in [0.717, 1.165) is 17.3 Å². The van der Waals surface area contributed by atoms with E-state index in [-0.39, 0.29) is 11.2 Å². The van der Waals surface area contributed by atoms with E-state index in [1.54, 1.807) is 56.9 Å². The number of thioether (sulfide) groups is 1. The molecule has 9 heteroatoms. The molecule has 0 bridgehead atoms. The van der Waals surface area contributed by atoms with Crippen LogP contribution in [0.5, 0.6) is 23.3 Å². The Bertz CT molecular complexity index is 1140. The van der Waals surface area contributed by atoms with Crippen LogP contribution in [-0.4, -0.2) is 35.3 Å². The highest BCUT2D eigenvalue weighted by molar-refractivity contribution is 8.18. The average molecular weight is 434 g/mol. The van der Waals surface area contributed by atoms with Crippen LogP contribution in [0, 0.1) is 0 Å². The molecule has 1 saturated heterocycles. The van der Waals surface area contributed by atoms with E-state index in [1.165, 1.54) is 0 Å². The summed E-state index contributed by atoms with van der Waals surface area (Å²) in [6, 6.07) is 14.6. The Hall–Kier alpha value is -3.85. The van der Waals surface area contributed by atoms with Crippen LogP contribution in [0.2, 0.25) is 0 Å². The Morgan fingerprint density at radius 2 is 1.71 bits per heavy atom. The maximum atomic E-state index is 12.0. The number of amidine groups is 1. The highest BCUT2D eigenvalue weighted by Crippen LogP contribution is 2.32. The van der Waals surface area contributed by atoms with E-state index in [9.17, 15) is 4.79 Å². The van der Waals surface area contributed by atoms with Crippen molar-refractivity contribution in [3.05, 3.63) is 71.4 Å². The molecule has 31 heavy (non-hydrogen) atoms. The number of aromatic nitrogens is 2. The van der Waals surface area contributed by atoms with Crippen LogP contribution >= 0.6 is 11.8 Å². The molecule has 156 valence electrons. The van der Waals surface area contributed by atoms with Crippen LogP contribution in [0.4, 0.5) is 10.5 Å². The van der Waals surface area contributed by atoms with Gasteiger partial charge in [0.15, 0.2) is 0 Å². The van der Waals surface area contributed by atoms with Gasteiger partial charge in [-0.3, -0.25) is 4.79 Å². The normalized spacial score (nSPS) is 15.7. The fourth-order valence-electron chi connectivity index (χ4n) is 2.76. The zero-order valence-corrected chi connectivity index (χ0v) is 17.6. The van der Waals surface area contributed by atoms with Gasteiger partial charge in [-0.2, -0.15) is 0 Å². The number of amides is 1. The maximum Gasteiger partial charge on any atom is 0.321 e. The van der Waals surface area contributed by atoms with Crippen molar-refractivity contribution in [3.63, 3.8) is 0 Å². The molecule has 2 aromatic carbocycles. The summed E-state index contributed by atoms with van der Waals surface area (Å²) in [5.41, 5.74) is 1.43. The van der Waals surface area contributed by atoms with Gasteiger partial charge in [-0.05, 0) is 41.6 Å². The first-order chi connectivity index (χ1) is 15.1. The molecule has 0 aliphatic carbocycles. The largest absolute Gasteiger partial charge is 0.497 e. The van der Waals surface area contributed by atoms with Gasteiger partial charge in [0, 0.05) is 30.6 Å². The number of rotatable bonds is 6. The molecule has 0 atom stereocenters. The summed E-state index contributed by atoms with van der Waals surface area (Å²) in [6.45, 7) is 0. The third-order valence-corrected chi connectivity index (χ3v) is 4.96. The fraction of sp³-hybridized carbons (Fsp3) is 0.0909. The zero-order valence-electron chi connectivity index (χ0n) is 16.7. The van der Waals surface area contributed by atoms with Gasteiger partial charge in [-0.15, -0.1) is 0 Å². The van der Waals surface area contributed by atoms with E-state index < -0.39 is 0 Å². The van der Waals surface area contributed by atoms with Crippen LogP contribution in [-0.2, 0) is 0 Å². The Balaban J connectivity index is 1.63. The first kappa shape index (κ1) is 20.4. The molecule has 0 radical (unpaired) electrons. The molecular weight excluding hydrogens is 416 g/mol. The third kappa shape index (κ3) is 5.20. The second-order valence-corrected chi connectivity index (χ2v) is 7.28. The molecule has 0 saturated carbocycles. The number of methoxy groups -OCH3 is 2. The molecule has 8 nitrogen and oxygen atoms in total. The second kappa shape index (κ2) is 9.31. The number of carbonyl (C=O) groups is 1. The van der Waals surface area contributed by atoms with Gasteiger partial charge in [0.05, 0.1) is 24.8 Å². The van der Waals surface area contributed by atoms with Gasteiger partial charge >= 0.3 is 6.01 Å². The standard InChI is InChI=1S/C22H18N4O4S/c1-28-17-11-15(12-18(13-17)29-2)25-20-19(31-22(27)26-20)10-14-5-3-6-16(9-14)30-21-23-7-4-8-24-21/h3-13H,1-2H3,(H,25,26,27). The highest BCUT2D eigenvalue weighted by atomic mass is 32.2. The molecule has 1 amide bonds. The quantitative estimate of drug-likeness (QED) is 0.595. The number of hydrogen-bond acceptors (Lipinski definition) is 8. The van der Waals surface area contributed by atoms with Crippen LogP contribution in [0.15, 0.2) is 70.8 Å². The number of nitrogens with zero attached hydrogens (tertiary/aromatic N) is 3. The van der Waals surface area contributed by atoms with E-state index >= 15 is 0 Å². The molecule has 1 N–H and O–H groups in total. The van der Waals surface area contributed by atoms with Crippen molar-refractivity contribution in [2.75, 3.05) is 14.2 Å². The number of carbonyl (C=O) groups excluding carboxylic acids is 1. The van der Waals surface area contributed by atoms with Crippen LogP contribution in [0.25, 0.3) is 6.08 Å². The van der Waals surface area contributed by atoms with Crippen molar-refractivity contribution < 1.29 is 19.0 Å². The average Bonchev–Trinajstić information content (AvgIpc) is 3.12. The lowest BCUT2D eigenvalue weighted by Gasteiger charge is -2.07. The predicted molar refractivity (Wildman–Crippen MR) is 119 cm³/mol. The maximum absolute atomic E-state index is 12.0. The SMILES string of the molecule is COc1cc(N=C2NC(=O)SC2=Cc2cccc(Oc3ncccn3)c2)cc(OC)c1. The minimum atomic E-state index is -0.204. The molecule has 2 heterocycles. The lowest BCUT2D eigenvalue weighted by molar-refractivity contribution is 0.265. The lowest BCUT2D eigenvalue weighted by Crippen LogP contribution is -2.18. The van der Waals surface area contributed by atoms with Gasteiger partial charge < -0.3 is 19.5 Å². The van der Waals surface area contributed by atoms with Crippen molar-refractivity contribution in [3.8, 4) is 23.3 Å². The number of hydrogen-bond donors (Lipinski definition) is 1. The van der Waals surface area contributed by atoms with Crippen molar-refractivity contribution >= 4 is 34.6 Å². The summed E-state index contributed by atoms with van der Waals surface area (Å²) in [4.78, 5) is 25.4. The van der Waals surface area contributed by atoms with Gasteiger partial charge in [0.25, 0.3) is 5.24 Å².